The molecule has 0 aliphatic rings. The van der Waals surface area contributed by atoms with Crippen LogP contribution in [0, 0.1) is 5.92 Å². The molecule has 1 atom stereocenters. The quantitative estimate of drug-likeness (QED) is 0.261. The third-order valence-electron chi connectivity index (χ3n) is 5.47. The molecule has 0 radical (unpaired) electrons. The Kier molecular flexibility index (Phi) is 8.34. The largest absolute Gasteiger partial charge is 0.481 e. The van der Waals surface area contributed by atoms with Gasteiger partial charge in [-0.2, -0.15) is 0 Å². The van der Waals surface area contributed by atoms with Gasteiger partial charge in [0.25, 0.3) is 0 Å². The van der Waals surface area contributed by atoms with Crippen molar-refractivity contribution in [2.24, 2.45) is 5.92 Å². The average molecular weight is 449 g/mol. The normalized spacial score (nSPS) is 11.7. The van der Waals surface area contributed by atoms with Gasteiger partial charge < -0.3 is 5.11 Å². The zero-order valence-corrected chi connectivity index (χ0v) is 18.4. The minimum atomic E-state index is -0.981. The van der Waals surface area contributed by atoms with E-state index >= 15 is 0 Å². The van der Waals surface area contributed by atoms with Crippen molar-refractivity contribution < 1.29 is 19.5 Å². The van der Waals surface area contributed by atoms with Crippen LogP contribution in [0.4, 0.5) is 0 Å². The maximum absolute atomic E-state index is 12.6. The summed E-state index contributed by atoms with van der Waals surface area (Å²) < 4.78 is 0. The number of carboxylic acids is 1. The minimum Gasteiger partial charge on any atom is -0.481 e. The summed E-state index contributed by atoms with van der Waals surface area (Å²) in [5, 5.41) is 10.2. The first-order chi connectivity index (χ1) is 15.4. The van der Waals surface area contributed by atoms with E-state index in [1.54, 1.807) is 36.4 Å². The van der Waals surface area contributed by atoms with Crippen molar-refractivity contribution in [3.63, 3.8) is 0 Å². The van der Waals surface area contributed by atoms with Crippen LogP contribution in [-0.4, -0.2) is 22.6 Å². The molecular weight excluding hydrogens is 424 g/mol. The third-order valence-corrected chi connectivity index (χ3v) is 5.72. The summed E-state index contributed by atoms with van der Waals surface area (Å²) in [5.41, 5.74) is 3.10. The topological polar surface area (TPSA) is 71.4 Å². The predicted octanol–water partition coefficient (Wildman–Crippen LogP) is 6.72. The fraction of sp³-hybridized carbons (Fsp3) is 0.222. The summed E-state index contributed by atoms with van der Waals surface area (Å²) in [6, 6.07) is 23.6. The Balaban J connectivity index is 1.51. The van der Waals surface area contributed by atoms with Gasteiger partial charge >= 0.3 is 5.97 Å². The van der Waals surface area contributed by atoms with Gasteiger partial charge in [-0.25, -0.2) is 0 Å². The number of Topliss-reactive ketones (excluding diaryl/α,β-unsaturated/α-hetero) is 2. The lowest BCUT2D eigenvalue weighted by Gasteiger charge is -2.12. The van der Waals surface area contributed by atoms with E-state index in [-0.39, 0.29) is 18.0 Å². The first-order valence-electron chi connectivity index (χ1n) is 10.6. The van der Waals surface area contributed by atoms with Crippen molar-refractivity contribution in [1.29, 1.82) is 0 Å². The zero-order chi connectivity index (χ0) is 22.9. The maximum atomic E-state index is 12.6. The number of benzene rings is 3. The van der Waals surface area contributed by atoms with Gasteiger partial charge in [0.1, 0.15) is 0 Å². The van der Waals surface area contributed by atoms with E-state index in [9.17, 15) is 19.5 Å². The van der Waals surface area contributed by atoms with Crippen LogP contribution in [0.3, 0.4) is 0 Å². The Morgan fingerprint density at radius 3 is 1.88 bits per heavy atom. The summed E-state index contributed by atoms with van der Waals surface area (Å²) in [5.74, 6) is -1.88. The molecule has 0 saturated heterocycles. The molecule has 3 rings (SSSR count). The highest BCUT2D eigenvalue weighted by molar-refractivity contribution is 6.30. The third kappa shape index (κ3) is 6.63. The monoisotopic (exact) mass is 448 g/mol. The maximum Gasteiger partial charge on any atom is 0.306 e. The lowest BCUT2D eigenvalue weighted by Crippen LogP contribution is -2.18. The minimum absolute atomic E-state index is 0.0503. The van der Waals surface area contributed by atoms with Gasteiger partial charge in [0.2, 0.25) is 0 Å². The van der Waals surface area contributed by atoms with E-state index in [0.717, 1.165) is 11.1 Å². The van der Waals surface area contributed by atoms with Crippen LogP contribution in [0.2, 0.25) is 5.02 Å². The number of unbranched alkanes of at least 4 members (excludes halogenated alkanes) is 1. The second kappa shape index (κ2) is 11.4. The van der Waals surface area contributed by atoms with E-state index < -0.39 is 11.9 Å². The summed E-state index contributed by atoms with van der Waals surface area (Å²) >= 11 is 5.92. The van der Waals surface area contributed by atoms with Crippen molar-refractivity contribution in [2.75, 3.05) is 0 Å². The molecule has 4 nitrogen and oxygen atoms in total. The second-order valence-corrected chi connectivity index (χ2v) is 8.22. The molecule has 0 bridgehead atoms. The molecule has 32 heavy (non-hydrogen) atoms. The Morgan fingerprint density at radius 2 is 1.28 bits per heavy atom. The Hall–Kier alpha value is -3.24. The highest BCUT2D eigenvalue weighted by atomic mass is 35.5. The van der Waals surface area contributed by atoms with Gasteiger partial charge in [-0.15, -0.1) is 0 Å². The molecule has 3 aromatic rings. The molecule has 0 spiro atoms. The van der Waals surface area contributed by atoms with Crippen molar-refractivity contribution in [1.82, 2.24) is 0 Å². The Morgan fingerprint density at radius 1 is 0.719 bits per heavy atom. The molecule has 0 aromatic heterocycles. The molecule has 0 amide bonds. The molecule has 0 aliphatic heterocycles. The van der Waals surface area contributed by atoms with Crippen LogP contribution in [0.15, 0.2) is 78.9 Å². The first-order valence-corrected chi connectivity index (χ1v) is 11.0. The molecule has 0 fully saturated rings. The lowest BCUT2D eigenvalue weighted by atomic mass is 9.92. The summed E-state index contributed by atoms with van der Waals surface area (Å²) in [4.78, 5) is 36.5. The van der Waals surface area contributed by atoms with E-state index in [4.69, 9.17) is 11.6 Å². The highest BCUT2D eigenvalue weighted by Crippen LogP contribution is 2.23. The number of halogens is 1. The number of ketones is 2. The summed E-state index contributed by atoms with van der Waals surface area (Å²) in [7, 11) is 0. The zero-order valence-electron chi connectivity index (χ0n) is 17.7. The molecule has 3 aromatic carbocycles. The van der Waals surface area contributed by atoms with Gasteiger partial charge in [0.05, 0.1) is 5.92 Å². The summed E-state index contributed by atoms with van der Waals surface area (Å²) in [6.45, 7) is 0. The molecule has 164 valence electrons. The number of carboxylic acid groups (broad SMARTS) is 1. The number of hydrogen-bond donors (Lipinski definition) is 1. The molecule has 1 unspecified atom stereocenters. The van der Waals surface area contributed by atoms with Crippen LogP contribution >= 0.6 is 11.6 Å². The molecule has 0 heterocycles. The van der Waals surface area contributed by atoms with Crippen LogP contribution in [0.5, 0.6) is 0 Å². The average Bonchev–Trinajstić information content (AvgIpc) is 2.81. The van der Waals surface area contributed by atoms with E-state index in [0.29, 0.717) is 41.8 Å². The number of rotatable bonds is 11. The molecule has 1 N–H and O–H groups in total. The smallest absolute Gasteiger partial charge is 0.306 e. The Labute approximate surface area is 192 Å². The van der Waals surface area contributed by atoms with Gasteiger partial charge in [-0.05, 0) is 36.1 Å². The number of aliphatic carboxylic acids is 1. The van der Waals surface area contributed by atoms with Crippen LogP contribution in [-0.2, 0) is 4.79 Å². The van der Waals surface area contributed by atoms with Crippen LogP contribution < -0.4 is 0 Å². The van der Waals surface area contributed by atoms with E-state index in [1.807, 2.05) is 42.5 Å². The SMILES string of the molecule is O=C(CCCCC(CC(=O)c1ccc(-c2ccc(Cl)cc2)cc1)C(=O)O)c1ccccc1. The first kappa shape index (κ1) is 23.4. The summed E-state index contributed by atoms with van der Waals surface area (Å²) in [6.07, 6.45) is 1.87. The van der Waals surface area contributed by atoms with Gasteiger partial charge in [-0.3, -0.25) is 14.4 Å². The number of carbonyl (C=O) groups is 3. The molecule has 0 aliphatic carbocycles. The standard InChI is InChI=1S/C27H25ClO4/c28-24-16-14-20(15-17-24)19-10-12-22(13-11-19)26(30)18-23(27(31)32)8-4-5-9-25(29)21-6-2-1-3-7-21/h1-3,6-7,10-17,23H,4-5,8-9,18H2,(H,31,32). The number of hydrogen-bond acceptors (Lipinski definition) is 3. The highest BCUT2D eigenvalue weighted by Gasteiger charge is 2.22. The fourth-order valence-corrected chi connectivity index (χ4v) is 3.72. The predicted molar refractivity (Wildman–Crippen MR) is 126 cm³/mol. The molecular formula is C27H25ClO4. The van der Waals surface area contributed by atoms with Gasteiger partial charge in [-0.1, -0.05) is 84.8 Å². The van der Waals surface area contributed by atoms with Crippen LogP contribution in [0.25, 0.3) is 11.1 Å². The second-order valence-electron chi connectivity index (χ2n) is 7.78. The van der Waals surface area contributed by atoms with E-state index in [1.165, 1.54) is 0 Å². The van der Waals surface area contributed by atoms with Crippen molar-refractivity contribution in [3.05, 3.63) is 95.0 Å². The van der Waals surface area contributed by atoms with Crippen molar-refractivity contribution in [3.8, 4) is 11.1 Å². The Bertz CT molecular complexity index is 1060. The lowest BCUT2D eigenvalue weighted by molar-refractivity contribution is -0.141. The van der Waals surface area contributed by atoms with Crippen molar-refractivity contribution in [2.45, 2.75) is 32.1 Å². The van der Waals surface area contributed by atoms with Gasteiger partial charge in [0, 0.05) is 29.0 Å². The van der Waals surface area contributed by atoms with Crippen molar-refractivity contribution >= 4 is 29.1 Å². The van der Waals surface area contributed by atoms with Gasteiger partial charge in [0.15, 0.2) is 11.6 Å². The number of carbonyl (C=O) groups excluding carboxylic acids is 2. The molecule has 5 heteroatoms. The van der Waals surface area contributed by atoms with E-state index in [2.05, 4.69) is 0 Å². The molecule has 0 saturated carbocycles. The van der Waals surface area contributed by atoms with Crippen LogP contribution in [0.1, 0.15) is 52.8 Å². The fourth-order valence-electron chi connectivity index (χ4n) is 3.59.